The molecule has 6 nitrogen and oxygen atoms in total. The first-order valence-corrected chi connectivity index (χ1v) is 7.43. The van der Waals surface area contributed by atoms with Crippen LogP contribution in [0.1, 0.15) is 34.1 Å². The zero-order valence-corrected chi connectivity index (χ0v) is 13.0. The number of nitrogens with one attached hydrogen (secondary N) is 1. The van der Waals surface area contributed by atoms with Crippen molar-refractivity contribution in [1.82, 2.24) is 15.1 Å². The van der Waals surface area contributed by atoms with Gasteiger partial charge in [-0.3, -0.25) is 4.99 Å². The van der Waals surface area contributed by atoms with E-state index < -0.39 is 5.60 Å². The summed E-state index contributed by atoms with van der Waals surface area (Å²) in [5.41, 5.74) is -0.436. The van der Waals surface area contributed by atoms with E-state index in [4.69, 9.17) is 4.74 Å². The lowest BCUT2D eigenvalue weighted by Gasteiger charge is -2.39. The zero-order valence-electron chi connectivity index (χ0n) is 13.0. The fourth-order valence-electron chi connectivity index (χ4n) is 2.46. The molecule has 0 aliphatic carbocycles. The molecule has 114 valence electrons. The normalized spacial score (nSPS) is 22.4. The Hall–Kier alpha value is -1.46. The van der Waals surface area contributed by atoms with Gasteiger partial charge in [0.25, 0.3) is 0 Å². The molecule has 1 fully saturated rings. The zero-order chi connectivity index (χ0) is 14.8. The third-order valence-corrected chi connectivity index (χ3v) is 3.39. The van der Waals surface area contributed by atoms with E-state index in [1.54, 1.807) is 4.90 Å². The summed E-state index contributed by atoms with van der Waals surface area (Å²) in [6.07, 6.45) is 0.869. The van der Waals surface area contributed by atoms with E-state index in [0.717, 1.165) is 32.0 Å². The first-order valence-electron chi connectivity index (χ1n) is 7.43. The molecule has 0 aromatic rings. The monoisotopic (exact) mass is 282 g/mol. The van der Waals surface area contributed by atoms with Gasteiger partial charge in [0.05, 0.1) is 12.6 Å². The summed E-state index contributed by atoms with van der Waals surface area (Å²) in [5.74, 6) is 0.987. The van der Waals surface area contributed by atoms with E-state index in [0.29, 0.717) is 13.1 Å². The van der Waals surface area contributed by atoms with Crippen LogP contribution < -0.4 is 5.32 Å². The molecule has 0 aromatic carbocycles. The van der Waals surface area contributed by atoms with Gasteiger partial charge in [-0.2, -0.15) is 0 Å². The Labute approximate surface area is 121 Å². The molecule has 6 heteroatoms. The van der Waals surface area contributed by atoms with Crippen LogP contribution >= 0.6 is 0 Å². The minimum Gasteiger partial charge on any atom is -0.444 e. The van der Waals surface area contributed by atoms with Crippen molar-refractivity contribution in [2.24, 2.45) is 4.99 Å². The summed E-state index contributed by atoms with van der Waals surface area (Å²) in [7, 11) is 0. The van der Waals surface area contributed by atoms with Gasteiger partial charge in [0.2, 0.25) is 0 Å². The molecule has 1 N–H and O–H groups in total. The largest absolute Gasteiger partial charge is 0.444 e. The average Bonchev–Trinajstić information content (AvgIpc) is 2.76. The van der Waals surface area contributed by atoms with Crippen LogP contribution in [-0.4, -0.2) is 66.2 Å². The van der Waals surface area contributed by atoms with Crippen molar-refractivity contribution in [2.75, 3.05) is 32.7 Å². The van der Waals surface area contributed by atoms with Gasteiger partial charge in [-0.1, -0.05) is 6.92 Å². The van der Waals surface area contributed by atoms with E-state index in [2.05, 4.69) is 22.1 Å². The lowest BCUT2D eigenvalue weighted by atomic mass is 10.2. The summed E-state index contributed by atoms with van der Waals surface area (Å²) in [4.78, 5) is 20.7. The number of nitrogens with zero attached hydrogens (tertiary/aromatic N) is 3. The fraction of sp³-hybridized carbons (Fsp3) is 0.857. The maximum Gasteiger partial charge on any atom is 0.410 e. The summed E-state index contributed by atoms with van der Waals surface area (Å²) in [6, 6.07) is 0.288. The van der Waals surface area contributed by atoms with Crippen LogP contribution in [0.5, 0.6) is 0 Å². The second-order valence-corrected chi connectivity index (χ2v) is 6.36. The third kappa shape index (κ3) is 3.55. The first kappa shape index (κ1) is 14.9. The van der Waals surface area contributed by atoms with E-state index in [1.807, 2.05) is 20.8 Å². The van der Waals surface area contributed by atoms with Gasteiger partial charge in [-0.25, -0.2) is 4.79 Å². The molecular weight excluding hydrogens is 256 g/mol. The molecule has 0 saturated carbocycles. The Morgan fingerprint density at radius 3 is 2.85 bits per heavy atom. The summed E-state index contributed by atoms with van der Waals surface area (Å²) >= 11 is 0. The molecule has 20 heavy (non-hydrogen) atoms. The van der Waals surface area contributed by atoms with Crippen LogP contribution in [-0.2, 0) is 4.74 Å². The van der Waals surface area contributed by atoms with Crippen molar-refractivity contribution in [1.29, 1.82) is 0 Å². The minimum atomic E-state index is -0.436. The van der Waals surface area contributed by atoms with Gasteiger partial charge in [0, 0.05) is 26.2 Å². The molecule has 2 aliphatic rings. The highest BCUT2D eigenvalue weighted by atomic mass is 16.6. The van der Waals surface area contributed by atoms with Crippen LogP contribution in [0.2, 0.25) is 0 Å². The number of guanidine groups is 1. The number of ether oxygens (including phenoxy) is 1. The maximum atomic E-state index is 12.1. The number of hydrogen-bond acceptors (Lipinski definition) is 5. The standard InChI is InChI=1S/C14H26N4O2/c1-5-6-15-12-16-9-11-10-17(7-8-18(11)12)13(19)20-14(2,3)4/h11H,5-10H2,1-4H3,(H,15,16). The van der Waals surface area contributed by atoms with Gasteiger partial charge in [-0.05, 0) is 27.2 Å². The Morgan fingerprint density at radius 2 is 2.20 bits per heavy atom. The topological polar surface area (TPSA) is 57.2 Å². The number of amides is 1. The molecule has 0 radical (unpaired) electrons. The van der Waals surface area contributed by atoms with E-state index >= 15 is 0 Å². The molecule has 1 atom stereocenters. The molecule has 1 unspecified atom stereocenters. The van der Waals surface area contributed by atoms with E-state index in [-0.39, 0.29) is 12.1 Å². The number of aliphatic imine (C=N–C) groups is 1. The molecule has 1 saturated heterocycles. The van der Waals surface area contributed by atoms with E-state index in [9.17, 15) is 4.79 Å². The SMILES string of the molecule is CCCNC1=NCC2CN(C(=O)OC(C)(C)C)CCN12. The molecule has 2 rings (SSSR count). The molecule has 0 aromatic heterocycles. The van der Waals surface area contributed by atoms with Crippen LogP contribution in [0.4, 0.5) is 4.79 Å². The lowest BCUT2D eigenvalue weighted by Crippen LogP contribution is -2.57. The van der Waals surface area contributed by atoms with Gasteiger partial charge >= 0.3 is 6.09 Å². The quantitative estimate of drug-likeness (QED) is 0.829. The smallest absolute Gasteiger partial charge is 0.410 e. The van der Waals surface area contributed by atoms with Crippen LogP contribution in [0.15, 0.2) is 4.99 Å². The molecule has 2 heterocycles. The Balaban J connectivity index is 1.87. The fourth-order valence-corrected chi connectivity index (χ4v) is 2.46. The van der Waals surface area contributed by atoms with Crippen molar-refractivity contribution in [3.63, 3.8) is 0 Å². The van der Waals surface area contributed by atoms with Crippen LogP contribution in [0.3, 0.4) is 0 Å². The van der Waals surface area contributed by atoms with Crippen LogP contribution in [0.25, 0.3) is 0 Å². The number of piperazine rings is 1. The van der Waals surface area contributed by atoms with Gasteiger partial charge in [0.15, 0.2) is 5.96 Å². The predicted octanol–water partition coefficient (Wildman–Crippen LogP) is 1.28. The second-order valence-electron chi connectivity index (χ2n) is 6.36. The first-order chi connectivity index (χ1) is 9.40. The molecular formula is C14H26N4O2. The maximum absolute atomic E-state index is 12.1. The number of hydrogen-bond donors (Lipinski definition) is 1. The van der Waals surface area contributed by atoms with Gasteiger partial charge in [0.1, 0.15) is 5.60 Å². The predicted molar refractivity (Wildman–Crippen MR) is 78.9 cm³/mol. The Bertz CT molecular complexity index is 389. The van der Waals surface area contributed by atoms with Crippen LogP contribution in [0, 0.1) is 0 Å². The van der Waals surface area contributed by atoms with Crippen molar-refractivity contribution >= 4 is 12.1 Å². The van der Waals surface area contributed by atoms with Crippen molar-refractivity contribution in [2.45, 2.75) is 45.8 Å². The van der Waals surface area contributed by atoms with Gasteiger partial charge in [-0.15, -0.1) is 0 Å². The van der Waals surface area contributed by atoms with Gasteiger partial charge < -0.3 is 19.9 Å². The average molecular weight is 282 g/mol. The molecule has 0 bridgehead atoms. The lowest BCUT2D eigenvalue weighted by molar-refractivity contribution is 0.0137. The molecule has 2 aliphatic heterocycles. The highest BCUT2D eigenvalue weighted by Gasteiger charge is 2.36. The number of carbonyl (C=O) groups excluding carboxylic acids is 1. The summed E-state index contributed by atoms with van der Waals surface area (Å²) in [5, 5.41) is 3.35. The molecule has 1 amide bonds. The van der Waals surface area contributed by atoms with Crippen molar-refractivity contribution in [3.05, 3.63) is 0 Å². The minimum absolute atomic E-state index is 0.216. The third-order valence-electron chi connectivity index (χ3n) is 3.39. The molecule has 0 spiro atoms. The Morgan fingerprint density at radius 1 is 1.45 bits per heavy atom. The van der Waals surface area contributed by atoms with Crippen molar-refractivity contribution < 1.29 is 9.53 Å². The second kappa shape index (κ2) is 5.89. The van der Waals surface area contributed by atoms with Crippen molar-refractivity contribution in [3.8, 4) is 0 Å². The number of rotatable bonds is 2. The summed E-state index contributed by atoms with van der Waals surface area (Å²) < 4.78 is 5.43. The highest BCUT2D eigenvalue weighted by Crippen LogP contribution is 2.18. The highest BCUT2D eigenvalue weighted by molar-refractivity contribution is 5.82. The Kier molecular flexibility index (Phi) is 4.40. The number of fused-ring (bicyclic) bond motifs is 1. The number of carbonyl (C=O) groups is 1. The summed E-state index contributed by atoms with van der Waals surface area (Å²) in [6.45, 7) is 11.7. The van der Waals surface area contributed by atoms with E-state index in [1.165, 1.54) is 0 Å².